The number of fused-ring (bicyclic) bond motifs is 1. The summed E-state index contributed by atoms with van der Waals surface area (Å²) in [6, 6.07) is 6.35. The van der Waals surface area contributed by atoms with Crippen molar-refractivity contribution < 1.29 is 28.7 Å². The molecule has 3 rings (SSSR count). The second-order valence-electron chi connectivity index (χ2n) is 7.49. The van der Waals surface area contributed by atoms with Crippen LogP contribution in [0.4, 0.5) is 5.69 Å². The van der Waals surface area contributed by atoms with Crippen LogP contribution in [0.25, 0.3) is 0 Å². The normalized spacial score (nSPS) is 21.2. The maximum atomic E-state index is 12.4. The zero-order chi connectivity index (χ0) is 21.8. The number of allylic oxidation sites excluding steroid dienone is 2. The third-order valence-corrected chi connectivity index (χ3v) is 5.37. The van der Waals surface area contributed by atoms with Gasteiger partial charge in [-0.3, -0.25) is 28.9 Å². The first-order valence-corrected chi connectivity index (χ1v) is 9.89. The number of hydrogen-bond acceptors (Lipinski definition) is 6. The van der Waals surface area contributed by atoms with Crippen LogP contribution < -0.4 is 5.32 Å². The highest BCUT2D eigenvalue weighted by molar-refractivity contribution is 6.05. The molecular weight excluding hydrogens is 388 g/mol. The lowest BCUT2D eigenvalue weighted by atomic mass is 9.85. The van der Waals surface area contributed by atoms with Crippen molar-refractivity contribution in [1.29, 1.82) is 0 Å². The topological polar surface area (TPSA) is 110 Å². The van der Waals surface area contributed by atoms with Gasteiger partial charge in [0, 0.05) is 17.8 Å². The third kappa shape index (κ3) is 4.64. The molecule has 1 aliphatic carbocycles. The van der Waals surface area contributed by atoms with E-state index >= 15 is 0 Å². The molecule has 1 aromatic carbocycles. The molecule has 8 nitrogen and oxygen atoms in total. The van der Waals surface area contributed by atoms with Crippen LogP contribution in [0.5, 0.6) is 0 Å². The molecular formula is C22H24N2O6. The minimum Gasteiger partial charge on any atom is -0.452 e. The van der Waals surface area contributed by atoms with Gasteiger partial charge >= 0.3 is 5.97 Å². The van der Waals surface area contributed by atoms with E-state index in [-0.39, 0.29) is 42.4 Å². The highest BCUT2D eigenvalue weighted by Gasteiger charge is 2.47. The summed E-state index contributed by atoms with van der Waals surface area (Å²) in [4.78, 5) is 61.5. The van der Waals surface area contributed by atoms with Crippen LogP contribution in [0.3, 0.4) is 0 Å². The van der Waals surface area contributed by atoms with Crippen molar-refractivity contribution in [3.05, 3.63) is 42.0 Å². The van der Waals surface area contributed by atoms with Gasteiger partial charge in [-0.2, -0.15) is 0 Å². The summed E-state index contributed by atoms with van der Waals surface area (Å²) in [5.41, 5.74) is 0.992. The van der Waals surface area contributed by atoms with Crippen molar-refractivity contribution in [3.63, 3.8) is 0 Å². The molecule has 0 spiro atoms. The van der Waals surface area contributed by atoms with E-state index in [2.05, 4.69) is 5.32 Å². The Bertz CT molecular complexity index is 879. The van der Waals surface area contributed by atoms with Crippen molar-refractivity contribution in [2.75, 3.05) is 11.9 Å². The van der Waals surface area contributed by atoms with E-state index in [0.29, 0.717) is 24.1 Å². The monoisotopic (exact) mass is 412 g/mol. The van der Waals surface area contributed by atoms with Crippen LogP contribution in [0, 0.1) is 11.8 Å². The first-order valence-electron chi connectivity index (χ1n) is 9.89. The molecule has 1 aliphatic heterocycles. The molecule has 0 aromatic heterocycles. The van der Waals surface area contributed by atoms with E-state index in [0.717, 1.165) is 4.90 Å². The van der Waals surface area contributed by atoms with E-state index in [4.69, 9.17) is 4.74 Å². The second kappa shape index (κ2) is 9.02. The summed E-state index contributed by atoms with van der Waals surface area (Å²) in [7, 11) is 0. The van der Waals surface area contributed by atoms with Gasteiger partial charge in [-0.1, -0.05) is 12.2 Å². The quantitative estimate of drug-likeness (QED) is 0.318. The number of nitrogens with zero attached hydrogens (tertiary/aromatic N) is 1. The van der Waals surface area contributed by atoms with Gasteiger partial charge in [0.15, 0.2) is 11.9 Å². The van der Waals surface area contributed by atoms with Gasteiger partial charge in [0.05, 0.1) is 18.3 Å². The molecule has 1 fully saturated rings. The molecule has 0 bridgehead atoms. The SMILES string of the molecule is CC(=O)c1ccc(NC(=O)[C@H](C)OC(=O)CCN2C(=O)[C@H]3CC=CC[C@@H]3C2=O)cc1. The summed E-state index contributed by atoms with van der Waals surface area (Å²) < 4.78 is 5.13. The Hall–Kier alpha value is -3.29. The zero-order valence-electron chi connectivity index (χ0n) is 16.9. The fourth-order valence-electron chi connectivity index (χ4n) is 3.63. The van der Waals surface area contributed by atoms with Crippen LogP contribution >= 0.6 is 0 Å². The van der Waals surface area contributed by atoms with Gasteiger partial charge in [0.2, 0.25) is 11.8 Å². The molecule has 0 radical (unpaired) electrons. The number of carbonyl (C=O) groups is 5. The molecule has 0 saturated carbocycles. The Balaban J connectivity index is 1.47. The largest absolute Gasteiger partial charge is 0.452 e. The number of imide groups is 1. The summed E-state index contributed by atoms with van der Waals surface area (Å²) in [6.07, 6.45) is 3.66. The van der Waals surface area contributed by atoms with Gasteiger partial charge < -0.3 is 10.1 Å². The lowest BCUT2D eigenvalue weighted by Crippen LogP contribution is -2.35. The van der Waals surface area contributed by atoms with Gasteiger partial charge in [0.1, 0.15) is 0 Å². The van der Waals surface area contributed by atoms with E-state index < -0.39 is 18.0 Å². The lowest BCUT2D eigenvalue weighted by molar-refractivity contribution is -0.154. The number of ether oxygens (including phenoxy) is 1. The Morgan fingerprint density at radius 2 is 1.63 bits per heavy atom. The molecule has 2 aliphatic rings. The van der Waals surface area contributed by atoms with Gasteiger partial charge in [-0.05, 0) is 51.0 Å². The molecule has 3 atom stereocenters. The number of likely N-dealkylation sites (tertiary alicyclic amines) is 1. The molecule has 1 N–H and O–H groups in total. The van der Waals surface area contributed by atoms with Gasteiger partial charge in [-0.15, -0.1) is 0 Å². The number of Topliss-reactive ketones (excluding diaryl/α,β-unsaturated/α-hetero) is 1. The van der Waals surface area contributed by atoms with E-state index in [1.807, 2.05) is 12.2 Å². The van der Waals surface area contributed by atoms with E-state index in [1.165, 1.54) is 13.8 Å². The van der Waals surface area contributed by atoms with Crippen LogP contribution in [0.15, 0.2) is 36.4 Å². The predicted molar refractivity (Wildman–Crippen MR) is 107 cm³/mol. The fourth-order valence-corrected chi connectivity index (χ4v) is 3.63. The minimum atomic E-state index is -1.05. The highest BCUT2D eigenvalue weighted by Crippen LogP contribution is 2.35. The number of nitrogens with one attached hydrogen (secondary N) is 1. The first-order chi connectivity index (χ1) is 14.3. The minimum absolute atomic E-state index is 0.0512. The molecule has 0 unspecified atom stereocenters. The van der Waals surface area contributed by atoms with Gasteiger partial charge in [0.25, 0.3) is 5.91 Å². The number of benzene rings is 1. The summed E-state index contributed by atoms with van der Waals surface area (Å²) in [6.45, 7) is 2.83. The van der Waals surface area contributed by atoms with Crippen molar-refractivity contribution >= 4 is 35.2 Å². The zero-order valence-corrected chi connectivity index (χ0v) is 16.9. The molecule has 1 heterocycles. The Labute approximate surface area is 174 Å². The molecule has 1 saturated heterocycles. The second-order valence-corrected chi connectivity index (χ2v) is 7.49. The molecule has 1 aromatic rings. The highest BCUT2D eigenvalue weighted by atomic mass is 16.5. The maximum absolute atomic E-state index is 12.4. The van der Waals surface area contributed by atoms with Crippen molar-refractivity contribution in [3.8, 4) is 0 Å². The van der Waals surface area contributed by atoms with Crippen LogP contribution in [-0.4, -0.2) is 47.0 Å². The first kappa shape index (κ1) is 21.4. The van der Waals surface area contributed by atoms with Gasteiger partial charge in [-0.25, -0.2) is 0 Å². The van der Waals surface area contributed by atoms with Crippen molar-refractivity contribution in [2.45, 2.75) is 39.2 Å². The number of rotatable bonds is 7. The fraction of sp³-hybridized carbons (Fsp3) is 0.409. The van der Waals surface area contributed by atoms with Crippen LogP contribution in [-0.2, 0) is 23.9 Å². The van der Waals surface area contributed by atoms with Crippen LogP contribution in [0.1, 0.15) is 43.5 Å². The Kier molecular flexibility index (Phi) is 6.44. The summed E-state index contributed by atoms with van der Waals surface area (Å²) in [5, 5.41) is 2.61. The molecule has 8 heteroatoms. The predicted octanol–water partition coefficient (Wildman–Crippen LogP) is 2.10. The number of esters is 1. The number of amides is 3. The van der Waals surface area contributed by atoms with E-state index in [1.54, 1.807) is 24.3 Å². The van der Waals surface area contributed by atoms with Crippen LogP contribution in [0.2, 0.25) is 0 Å². The third-order valence-electron chi connectivity index (χ3n) is 5.37. The summed E-state index contributed by atoms with van der Waals surface area (Å²) >= 11 is 0. The number of carbonyl (C=O) groups excluding carboxylic acids is 5. The molecule has 158 valence electrons. The maximum Gasteiger partial charge on any atom is 0.308 e. The average molecular weight is 412 g/mol. The lowest BCUT2D eigenvalue weighted by Gasteiger charge is -2.16. The smallest absolute Gasteiger partial charge is 0.308 e. The van der Waals surface area contributed by atoms with Crippen molar-refractivity contribution in [2.24, 2.45) is 11.8 Å². The molecule has 30 heavy (non-hydrogen) atoms. The number of anilines is 1. The number of hydrogen-bond donors (Lipinski definition) is 1. The standard InChI is InChI=1S/C22H24N2O6/c1-13(25)15-7-9-16(10-8-15)23-20(27)14(2)30-19(26)11-12-24-21(28)17-5-3-4-6-18(17)22(24)29/h3-4,7-10,14,17-18H,5-6,11-12H2,1-2H3,(H,23,27)/t14-,17-,18-/m0/s1. The Morgan fingerprint density at radius 3 is 2.17 bits per heavy atom. The van der Waals surface area contributed by atoms with E-state index in [9.17, 15) is 24.0 Å². The number of ketones is 1. The summed E-state index contributed by atoms with van der Waals surface area (Å²) in [5.74, 6) is -2.44. The average Bonchev–Trinajstić information content (AvgIpc) is 2.97. The van der Waals surface area contributed by atoms with Crippen molar-refractivity contribution in [1.82, 2.24) is 4.90 Å². The molecule has 3 amide bonds. The Morgan fingerprint density at radius 1 is 1.07 bits per heavy atom.